The molecule has 0 bridgehead atoms. The normalized spacial score (nSPS) is 11.5. The summed E-state index contributed by atoms with van der Waals surface area (Å²) in [5.41, 5.74) is 0. The third kappa shape index (κ3) is 3.82. The van der Waals surface area contributed by atoms with Crippen LogP contribution in [0.25, 0.3) is 0 Å². The van der Waals surface area contributed by atoms with Crippen molar-refractivity contribution in [3.8, 4) is 0 Å². The molecule has 3 aromatic carbocycles. The second-order valence-electron chi connectivity index (χ2n) is 6.53. The molecule has 134 valence electrons. The van der Waals surface area contributed by atoms with Gasteiger partial charge in [-0.25, -0.2) is 0 Å². The molecule has 0 radical (unpaired) electrons. The summed E-state index contributed by atoms with van der Waals surface area (Å²) in [6.45, 7) is 2.14. The van der Waals surface area contributed by atoms with Gasteiger partial charge < -0.3 is 0 Å². The molecule has 0 nitrogen and oxygen atoms in total. The van der Waals surface area contributed by atoms with Gasteiger partial charge in [0.1, 0.15) is 0 Å². The van der Waals surface area contributed by atoms with Crippen molar-refractivity contribution >= 4 is 29.1 Å². The molecule has 0 saturated heterocycles. The maximum absolute atomic E-state index is 13.6. The first-order valence-electron chi connectivity index (χ1n) is 8.84. The molecule has 0 unspecified atom stereocenters. The van der Waals surface area contributed by atoms with Crippen LogP contribution in [0.1, 0.15) is 19.8 Å². The van der Waals surface area contributed by atoms with Crippen LogP contribution in [0, 0.1) is 17.5 Å². The Morgan fingerprint density at radius 2 is 0.885 bits per heavy atom. The van der Waals surface area contributed by atoms with Gasteiger partial charge in [-0.15, -0.1) is 0 Å². The Bertz CT molecular complexity index is 729. The molecule has 0 aliphatic heterocycles. The van der Waals surface area contributed by atoms with E-state index in [2.05, 4.69) is 6.92 Å². The Labute approximate surface area is 156 Å². The van der Waals surface area contributed by atoms with E-state index in [0.29, 0.717) is 0 Å². The molecule has 0 atom stereocenters. The molecule has 0 heterocycles. The van der Waals surface area contributed by atoms with Crippen molar-refractivity contribution < 1.29 is 13.2 Å². The zero-order valence-corrected chi connectivity index (χ0v) is 17.5. The van der Waals surface area contributed by atoms with E-state index in [1.165, 1.54) is 36.4 Å². The number of halogens is 3. The molecule has 0 fully saturated rings. The van der Waals surface area contributed by atoms with Gasteiger partial charge in [-0.2, -0.15) is 0 Å². The van der Waals surface area contributed by atoms with E-state index in [1.807, 2.05) is 36.4 Å². The number of rotatable bonds is 6. The summed E-state index contributed by atoms with van der Waals surface area (Å²) in [7, 11) is 0. The van der Waals surface area contributed by atoms with Crippen molar-refractivity contribution in [3.63, 3.8) is 0 Å². The average Bonchev–Trinajstić information content (AvgIpc) is 2.66. The van der Waals surface area contributed by atoms with Crippen molar-refractivity contribution in [3.05, 3.63) is 90.2 Å². The van der Waals surface area contributed by atoms with Crippen LogP contribution < -0.4 is 10.7 Å². The van der Waals surface area contributed by atoms with E-state index >= 15 is 0 Å². The van der Waals surface area contributed by atoms with Gasteiger partial charge in [-0.3, -0.25) is 0 Å². The molecule has 26 heavy (non-hydrogen) atoms. The molecular formula is C22H21F3Sn. The van der Waals surface area contributed by atoms with Gasteiger partial charge in [0.15, 0.2) is 0 Å². The van der Waals surface area contributed by atoms with Gasteiger partial charge >= 0.3 is 157 Å². The maximum atomic E-state index is 13.6. The minimum atomic E-state index is -3.50. The number of hydrogen-bond donors (Lipinski definition) is 0. The van der Waals surface area contributed by atoms with Crippen molar-refractivity contribution in [2.24, 2.45) is 0 Å². The van der Waals surface area contributed by atoms with Crippen molar-refractivity contribution in [1.82, 2.24) is 0 Å². The summed E-state index contributed by atoms with van der Waals surface area (Å²) in [5.74, 6) is -0.826. The first kappa shape index (κ1) is 19.0. The third-order valence-electron chi connectivity index (χ3n) is 4.92. The number of benzene rings is 3. The van der Waals surface area contributed by atoms with E-state index in [9.17, 15) is 13.2 Å². The van der Waals surface area contributed by atoms with Gasteiger partial charge in [0.05, 0.1) is 0 Å². The monoisotopic (exact) mass is 462 g/mol. The molecule has 4 heteroatoms. The first-order chi connectivity index (χ1) is 12.6. The summed E-state index contributed by atoms with van der Waals surface area (Å²) < 4.78 is 45.0. The van der Waals surface area contributed by atoms with Crippen LogP contribution in [0.3, 0.4) is 0 Å². The van der Waals surface area contributed by atoms with E-state index in [0.717, 1.165) is 28.0 Å². The zero-order valence-electron chi connectivity index (χ0n) is 14.7. The van der Waals surface area contributed by atoms with E-state index < -0.39 is 18.4 Å². The predicted octanol–water partition coefficient (Wildman–Crippen LogP) is 4.37. The van der Waals surface area contributed by atoms with Crippen LogP contribution in [-0.4, -0.2) is 18.4 Å². The topological polar surface area (TPSA) is 0 Å². The molecule has 0 aromatic heterocycles. The molecule has 0 saturated carbocycles. The van der Waals surface area contributed by atoms with Gasteiger partial charge in [-0.1, -0.05) is 0 Å². The third-order valence-corrected chi connectivity index (χ3v) is 19.4. The Morgan fingerprint density at radius 3 is 1.15 bits per heavy atom. The number of unbranched alkanes of at least 4 members (excludes halogenated alkanes) is 1. The standard InChI is InChI=1S/3C6H4F.C4H9.Sn/c3*7-6-4-2-1-3-5-6;1-3-4-2;/h3*2-5H;1,3-4H2,2H3;. The summed E-state index contributed by atoms with van der Waals surface area (Å²) in [5, 5.41) is 0. The fraction of sp³-hybridized carbons (Fsp3) is 0.182. The quantitative estimate of drug-likeness (QED) is 0.479. The van der Waals surface area contributed by atoms with Crippen molar-refractivity contribution in [2.75, 3.05) is 0 Å². The van der Waals surface area contributed by atoms with Gasteiger partial charge in [0.25, 0.3) is 0 Å². The minimum absolute atomic E-state index is 0.275. The molecule has 0 N–H and O–H groups in total. The van der Waals surface area contributed by atoms with Crippen molar-refractivity contribution in [2.45, 2.75) is 24.2 Å². The molecule has 3 aromatic rings. The van der Waals surface area contributed by atoms with E-state index in [4.69, 9.17) is 0 Å². The average molecular weight is 461 g/mol. The van der Waals surface area contributed by atoms with Crippen LogP contribution in [0.15, 0.2) is 72.8 Å². The Hall–Kier alpha value is -1.75. The summed E-state index contributed by atoms with van der Waals surface area (Å²) in [4.78, 5) is 0. The van der Waals surface area contributed by atoms with E-state index in [1.54, 1.807) is 0 Å². The molecule has 0 amide bonds. The Balaban J connectivity index is 2.27. The van der Waals surface area contributed by atoms with Crippen LogP contribution in [-0.2, 0) is 0 Å². The van der Waals surface area contributed by atoms with E-state index in [-0.39, 0.29) is 17.5 Å². The molecule has 0 aliphatic rings. The fourth-order valence-electron chi connectivity index (χ4n) is 3.58. The van der Waals surface area contributed by atoms with Crippen LogP contribution in [0.2, 0.25) is 4.44 Å². The summed E-state index contributed by atoms with van der Waals surface area (Å²) in [6, 6.07) is 20.0. The molecule has 0 spiro atoms. The molecular weight excluding hydrogens is 440 g/mol. The second-order valence-corrected chi connectivity index (χ2v) is 18.1. The second kappa shape index (κ2) is 8.29. The zero-order chi connectivity index (χ0) is 18.6. The predicted molar refractivity (Wildman–Crippen MR) is 104 cm³/mol. The first-order valence-corrected chi connectivity index (χ1v) is 15.1. The summed E-state index contributed by atoms with van der Waals surface area (Å²) in [6.07, 6.45) is 2.05. The van der Waals surface area contributed by atoms with Gasteiger partial charge in [0, 0.05) is 0 Å². The van der Waals surface area contributed by atoms with Crippen LogP contribution >= 0.6 is 0 Å². The SMILES string of the molecule is CCC[CH2][Sn]([c]1ccc(F)cc1)([c]1ccc(F)cc1)[c]1ccc(F)cc1. The van der Waals surface area contributed by atoms with Gasteiger partial charge in [-0.05, 0) is 0 Å². The Kier molecular flexibility index (Phi) is 6.07. The molecule has 0 aliphatic carbocycles. The van der Waals surface area contributed by atoms with Gasteiger partial charge in [0.2, 0.25) is 0 Å². The molecule has 3 rings (SSSR count). The van der Waals surface area contributed by atoms with Crippen molar-refractivity contribution in [1.29, 1.82) is 0 Å². The fourth-order valence-corrected chi connectivity index (χ4v) is 17.7. The van der Waals surface area contributed by atoms with Crippen LogP contribution in [0.4, 0.5) is 13.2 Å². The Morgan fingerprint density at radius 1 is 0.577 bits per heavy atom. The van der Waals surface area contributed by atoms with Crippen LogP contribution in [0.5, 0.6) is 0 Å². The summed E-state index contributed by atoms with van der Waals surface area (Å²) >= 11 is -3.50. The number of hydrogen-bond acceptors (Lipinski definition) is 0.